The first kappa shape index (κ1) is 22.4. The Bertz CT molecular complexity index is 663. The molecule has 1 fully saturated rings. The number of benzene rings is 2. The maximum absolute atomic E-state index is 11.5. The molecule has 1 aliphatic rings. The molecular formula is C23H30ClNO3. The fraction of sp³-hybridized carbons (Fsp3) is 0.435. The summed E-state index contributed by atoms with van der Waals surface area (Å²) in [6, 6.07) is 20.3. The fourth-order valence-corrected chi connectivity index (χ4v) is 3.86. The Morgan fingerprint density at radius 1 is 1.04 bits per heavy atom. The smallest absolute Gasteiger partial charge is 0.320 e. The van der Waals surface area contributed by atoms with Crippen molar-refractivity contribution in [3.63, 3.8) is 0 Å². The molecule has 0 saturated carbocycles. The van der Waals surface area contributed by atoms with Gasteiger partial charge in [-0.25, -0.2) is 0 Å². The van der Waals surface area contributed by atoms with Crippen molar-refractivity contribution < 1.29 is 14.6 Å². The maximum Gasteiger partial charge on any atom is 0.320 e. The second-order valence-electron chi connectivity index (χ2n) is 7.22. The van der Waals surface area contributed by atoms with Crippen LogP contribution in [0.5, 0.6) is 0 Å². The summed E-state index contributed by atoms with van der Waals surface area (Å²) in [6.45, 7) is 3.59. The third-order valence-corrected chi connectivity index (χ3v) is 5.30. The van der Waals surface area contributed by atoms with Gasteiger partial charge in [0.25, 0.3) is 0 Å². The van der Waals surface area contributed by atoms with E-state index in [1.807, 2.05) is 43.3 Å². The van der Waals surface area contributed by atoms with Crippen molar-refractivity contribution >= 4 is 18.4 Å². The fourth-order valence-electron chi connectivity index (χ4n) is 3.86. The van der Waals surface area contributed by atoms with Crippen LogP contribution < -0.4 is 0 Å². The van der Waals surface area contributed by atoms with Gasteiger partial charge < -0.3 is 9.84 Å². The molecule has 3 rings (SSSR count). The average Bonchev–Trinajstić information content (AvgIpc) is 2.72. The highest BCUT2D eigenvalue weighted by atomic mass is 35.5. The van der Waals surface area contributed by atoms with E-state index >= 15 is 0 Å². The van der Waals surface area contributed by atoms with E-state index in [0.717, 1.165) is 43.5 Å². The SMILES string of the molecule is CCCC(C(=O)O)N1CCC(OC(c2ccccc2)c2ccccc2)CC1.Cl. The van der Waals surface area contributed by atoms with E-state index in [-0.39, 0.29) is 30.7 Å². The minimum atomic E-state index is -0.706. The molecule has 2 aromatic rings. The zero-order valence-electron chi connectivity index (χ0n) is 16.4. The first-order valence-electron chi connectivity index (χ1n) is 9.91. The van der Waals surface area contributed by atoms with Gasteiger partial charge in [-0.05, 0) is 30.4 Å². The molecule has 0 radical (unpaired) electrons. The van der Waals surface area contributed by atoms with Gasteiger partial charge in [0.05, 0.1) is 6.10 Å². The Hall–Kier alpha value is -1.88. The van der Waals surface area contributed by atoms with Gasteiger partial charge in [-0.15, -0.1) is 12.4 Å². The zero-order chi connectivity index (χ0) is 19.1. The Morgan fingerprint density at radius 3 is 1.96 bits per heavy atom. The molecule has 4 nitrogen and oxygen atoms in total. The molecule has 1 aliphatic heterocycles. The van der Waals surface area contributed by atoms with Crippen molar-refractivity contribution in [3.05, 3.63) is 71.8 Å². The molecule has 0 spiro atoms. The van der Waals surface area contributed by atoms with Gasteiger partial charge >= 0.3 is 5.97 Å². The van der Waals surface area contributed by atoms with E-state index < -0.39 is 5.97 Å². The number of carboxylic acids is 1. The lowest BCUT2D eigenvalue weighted by atomic mass is 9.99. The number of likely N-dealkylation sites (tertiary alicyclic amines) is 1. The van der Waals surface area contributed by atoms with Gasteiger partial charge in [0.15, 0.2) is 0 Å². The van der Waals surface area contributed by atoms with Crippen molar-refractivity contribution in [2.75, 3.05) is 13.1 Å². The van der Waals surface area contributed by atoms with Gasteiger partial charge in [0, 0.05) is 13.1 Å². The van der Waals surface area contributed by atoms with Crippen molar-refractivity contribution in [2.24, 2.45) is 0 Å². The highest BCUT2D eigenvalue weighted by Gasteiger charge is 2.30. The van der Waals surface area contributed by atoms with Gasteiger partial charge in [0.1, 0.15) is 12.1 Å². The number of rotatable bonds is 8. The molecular weight excluding hydrogens is 374 g/mol. The normalized spacial score (nSPS) is 16.5. The van der Waals surface area contributed by atoms with E-state index in [0.29, 0.717) is 6.42 Å². The first-order chi connectivity index (χ1) is 13.2. The van der Waals surface area contributed by atoms with Gasteiger partial charge in [0.2, 0.25) is 0 Å². The summed E-state index contributed by atoms with van der Waals surface area (Å²) in [7, 11) is 0. The first-order valence-corrected chi connectivity index (χ1v) is 9.91. The molecule has 5 heteroatoms. The topological polar surface area (TPSA) is 49.8 Å². The molecule has 1 heterocycles. The number of hydrogen-bond acceptors (Lipinski definition) is 3. The van der Waals surface area contributed by atoms with E-state index in [9.17, 15) is 9.90 Å². The number of aliphatic carboxylic acids is 1. The third-order valence-electron chi connectivity index (χ3n) is 5.30. The monoisotopic (exact) mass is 403 g/mol. The van der Waals surface area contributed by atoms with Crippen LogP contribution in [0.2, 0.25) is 0 Å². The largest absolute Gasteiger partial charge is 0.480 e. The third kappa shape index (κ3) is 5.81. The lowest BCUT2D eigenvalue weighted by molar-refractivity contribution is -0.145. The molecule has 1 N–H and O–H groups in total. The minimum Gasteiger partial charge on any atom is -0.480 e. The lowest BCUT2D eigenvalue weighted by Crippen LogP contribution is -2.47. The summed E-state index contributed by atoms with van der Waals surface area (Å²) < 4.78 is 6.54. The maximum atomic E-state index is 11.5. The molecule has 0 aromatic heterocycles. The zero-order valence-corrected chi connectivity index (χ0v) is 17.2. The van der Waals surface area contributed by atoms with Crippen LogP contribution in [-0.2, 0) is 9.53 Å². The van der Waals surface area contributed by atoms with Gasteiger partial charge in [-0.2, -0.15) is 0 Å². The summed E-state index contributed by atoms with van der Waals surface area (Å²) in [5.41, 5.74) is 2.31. The van der Waals surface area contributed by atoms with Gasteiger partial charge in [-0.3, -0.25) is 9.69 Å². The van der Waals surface area contributed by atoms with E-state index in [2.05, 4.69) is 29.2 Å². The molecule has 152 valence electrons. The van der Waals surface area contributed by atoms with E-state index in [4.69, 9.17) is 4.74 Å². The Balaban J connectivity index is 0.00000280. The number of halogens is 1. The Labute approximate surface area is 173 Å². The summed E-state index contributed by atoms with van der Waals surface area (Å²) in [5.74, 6) is -0.706. The molecule has 0 aliphatic carbocycles. The number of carbonyl (C=O) groups is 1. The quantitative estimate of drug-likeness (QED) is 0.678. The number of ether oxygens (including phenoxy) is 1. The summed E-state index contributed by atoms with van der Waals surface area (Å²) in [4.78, 5) is 13.6. The van der Waals surface area contributed by atoms with Crippen LogP contribution in [0, 0.1) is 0 Å². The standard InChI is InChI=1S/C23H29NO3.ClH/c1-2-9-21(23(25)26)24-16-14-20(15-17-24)27-22(18-10-5-3-6-11-18)19-12-7-4-8-13-19;/h3-8,10-13,20-22H,2,9,14-17H2,1H3,(H,25,26);1H. The molecule has 1 atom stereocenters. The number of piperidine rings is 1. The lowest BCUT2D eigenvalue weighted by Gasteiger charge is -2.37. The predicted molar refractivity (Wildman–Crippen MR) is 114 cm³/mol. The molecule has 2 aromatic carbocycles. The van der Waals surface area contributed by atoms with Gasteiger partial charge in [-0.1, -0.05) is 74.0 Å². The van der Waals surface area contributed by atoms with Crippen LogP contribution in [0.3, 0.4) is 0 Å². The van der Waals surface area contributed by atoms with Crippen LogP contribution in [0.15, 0.2) is 60.7 Å². The molecule has 1 saturated heterocycles. The summed E-state index contributed by atoms with van der Waals surface area (Å²) in [5, 5.41) is 9.49. The van der Waals surface area contributed by atoms with E-state index in [1.54, 1.807) is 0 Å². The van der Waals surface area contributed by atoms with Crippen molar-refractivity contribution in [2.45, 2.75) is 50.9 Å². The number of nitrogens with zero attached hydrogens (tertiary/aromatic N) is 1. The highest BCUT2D eigenvalue weighted by molar-refractivity contribution is 5.85. The molecule has 0 bridgehead atoms. The summed E-state index contributed by atoms with van der Waals surface area (Å²) in [6.07, 6.45) is 3.38. The Morgan fingerprint density at radius 2 is 1.54 bits per heavy atom. The number of carboxylic acid groups (broad SMARTS) is 1. The van der Waals surface area contributed by atoms with Crippen LogP contribution >= 0.6 is 12.4 Å². The predicted octanol–water partition coefficient (Wildman–Crippen LogP) is 4.93. The van der Waals surface area contributed by atoms with Crippen molar-refractivity contribution in [1.82, 2.24) is 4.90 Å². The minimum absolute atomic E-state index is 0. The van der Waals surface area contributed by atoms with Crippen molar-refractivity contribution in [1.29, 1.82) is 0 Å². The van der Waals surface area contributed by atoms with Crippen LogP contribution in [0.1, 0.15) is 49.8 Å². The summed E-state index contributed by atoms with van der Waals surface area (Å²) >= 11 is 0. The van der Waals surface area contributed by atoms with Crippen LogP contribution in [-0.4, -0.2) is 41.2 Å². The van der Waals surface area contributed by atoms with E-state index in [1.165, 1.54) is 0 Å². The average molecular weight is 404 g/mol. The molecule has 1 unspecified atom stereocenters. The van der Waals surface area contributed by atoms with Crippen LogP contribution in [0.25, 0.3) is 0 Å². The second kappa shape index (κ2) is 11.2. The molecule has 28 heavy (non-hydrogen) atoms. The van der Waals surface area contributed by atoms with Crippen LogP contribution in [0.4, 0.5) is 0 Å². The highest BCUT2D eigenvalue weighted by Crippen LogP contribution is 2.30. The molecule has 0 amide bonds. The Kier molecular flexibility index (Phi) is 8.97. The number of hydrogen-bond donors (Lipinski definition) is 1. The van der Waals surface area contributed by atoms with Crippen molar-refractivity contribution in [3.8, 4) is 0 Å². The second-order valence-corrected chi connectivity index (χ2v) is 7.22.